The Labute approximate surface area is 166 Å². The monoisotopic (exact) mass is 401 g/mol. The molecule has 27 heavy (non-hydrogen) atoms. The number of anilines is 1. The van der Waals surface area contributed by atoms with Crippen molar-refractivity contribution in [1.29, 1.82) is 0 Å². The van der Waals surface area contributed by atoms with Crippen LogP contribution in [0.15, 0.2) is 53.3 Å². The molecule has 1 aliphatic rings. The Kier molecular flexibility index (Phi) is 4.93. The topological polar surface area (TPSA) is 45.6 Å². The van der Waals surface area contributed by atoms with Crippen LogP contribution in [0, 0.1) is 0 Å². The van der Waals surface area contributed by atoms with E-state index < -0.39 is 6.04 Å². The van der Waals surface area contributed by atoms with E-state index in [4.69, 9.17) is 11.6 Å². The van der Waals surface area contributed by atoms with Gasteiger partial charge in [-0.3, -0.25) is 13.5 Å². The van der Waals surface area contributed by atoms with E-state index in [-0.39, 0.29) is 11.5 Å². The van der Waals surface area contributed by atoms with E-state index in [1.807, 2.05) is 60.4 Å². The summed E-state index contributed by atoms with van der Waals surface area (Å²) in [5, 5.41) is 1.39. The molecule has 1 saturated heterocycles. The second-order valence-corrected chi connectivity index (χ2v) is 8.14. The Morgan fingerprint density at radius 2 is 1.81 bits per heavy atom. The van der Waals surface area contributed by atoms with Crippen molar-refractivity contribution < 1.29 is 4.79 Å². The zero-order valence-electron chi connectivity index (χ0n) is 15.0. The SMILES string of the molecule is CC(C(=O)N1CCN(c2cccc(Cl)c2)CC1)n1sc2ccccc2c1=O. The predicted octanol–water partition coefficient (Wildman–Crippen LogP) is 3.63. The zero-order valence-corrected chi connectivity index (χ0v) is 16.5. The third-order valence-electron chi connectivity index (χ3n) is 4.99. The maximum Gasteiger partial charge on any atom is 0.269 e. The highest BCUT2D eigenvalue weighted by atomic mass is 35.5. The van der Waals surface area contributed by atoms with Crippen LogP contribution in [0.5, 0.6) is 0 Å². The van der Waals surface area contributed by atoms with E-state index in [2.05, 4.69) is 4.90 Å². The highest BCUT2D eigenvalue weighted by Gasteiger charge is 2.27. The van der Waals surface area contributed by atoms with Gasteiger partial charge in [-0.1, -0.05) is 41.3 Å². The van der Waals surface area contributed by atoms with Crippen molar-refractivity contribution in [2.24, 2.45) is 0 Å². The van der Waals surface area contributed by atoms with Crippen LogP contribution in [0.4, 0.5) is 5.69 Å². The third kappa shape index (κ3) is 3.47. The van der Waals surface area contributed by atoms with Crippen molar-refractivity contribution in [1.82, 2.24) is 8.86 Å². The summed E-state index contributed by atoms with van der Waals surface area (Å²) in [6.45, 7) is 4.58. The van der Waals surface area contributed by atoms with Crippen molar-refractivity contribution in [3.05, 3.63) is 63.9 Å². The molecule has 1 aromatic heterocycles. The number of nitrogens with zero attached hydrogens (tertiary/aromatic N) is 3. The molecule has 4 rings (SSSR count). The molecule has 1 aliphatic heterocycles. The Morgan fingerprint density at radius 1 is 1.07 bits per heavy atom. The third-order valence-corrected chi connectivity index (χ3v) is 6.45. The van der Waals surface area contributed by atoms with Gasteiger partial charge in [0.2, 0.25) is 5.91 Å². The average molecular weight is 402 g/mol. The van der Waals surface area contributed by atoms with Gasteiger partial charge in [-0.15, -0.1) is 0 Å². The number of carbonyl (C=O) groups is 1. The molecule has 0 radical (unpaired) electrons. The predicted molar refractivity (Wildman–Crippen MR) is 111 cm³/mol. The molecule has 5 nitrogen and oxygen atoms in total. The maximum atomic E-state index is 13.0. The average Bonchev–Trinajstić information content (AvgIpc) is 3.04. The molecule has 0 bridgehead atoms. The number of fused-ring (bicyclic) bond motifs is 1. The number of piperazine rings is 1. The van der Waals surface area contributed by atoms with E-state index >= 15 is 0 Å². The number of amides is 1. The fraction of sp³-hybridized carbons (Fsp3) is 0.300. The van der Waals surface area contributed by atoms with E-state index in [9.17, 15) is 9.59 Å². The summed E-state index contributed by atoms with van der Waals surface area (Å²) < 4.78 is 2.50. The van der Waals surface area contributed by atoms with E-state index in [0.717, 1.165) is 23.5 Å². The fourth-order valence-corrected chi connectivity index (χ4v) is 4.69. The number of aromatic nitrogens is 1. The van der Waals surface area contributed by atoms with Crippen LogP contribution in [-0.4, -0.2) is 40.9 Å². The first-order chi connectivity index (χ1) is 13.0. The molecule has 0 N–H and O–H groups in total. The van der Waals surface area contributed by atoms with E-state index in [1.54, 1.807) is 3.96 Å². The van der Waals surface area contributed by atoms with Crippen molar-refractivity contribution in [2.45, 2.75) is 13.0 Å². The van der Waals surface area contributed by atoms with Gasteiger partial charge < -0.3 is 9.80 Å². The lowest BCUT2D eigenvalue weighted by molar-refractivity contribution is -0.134. The molecule has 0 spiro atoms. The summed E-state index contributed by atoms with van der Waals surface area (Å²) in [6, 6.07) is 14.8. The normalized spacial score (nSPS) is 15.9. The second-order valence-electron chi connectivity index (χ2n) is 6.69. The minimum Gasteiger partial charge on any atom is -0.368 e. The molecule has 1 amide bonds. The van der Waals surface area contributed by atoms with Crippen LogP contribution >= 0.6 is 23.1 Å². The van der Waals surface area contributed by atoms with Gasteiger partial charge in [-0.05, 0) is 37.3 Å². The molecule has 3 aromatic rings. The van der Waals surface area contributed by atoms with Gasteiger partial charge >= 0.3 is 0 Å². The molecule has 0 saturated carbocycles. The summed E-state index contributed by atoms with van der Waals surface area (Å²) in [6.07, 6.45) is 0. The first kappa shape index (κ1) is 18.1. The summed E-state index contributed by atoms with van der Waals surface area (Å²) in [7, 11) is 0. The highest BCUT2D eigenvalue weighted by molar-refractivity contribution is 7.14. The van der Waals surface area contributed by atoms with Crippen LogP contribution < -0.4 is 10.5 Å². The number of carbonyl (C=O) groups excluding carboxylic acids is 1. The van der Waals surface area contributed by atoms with Crippen LogP contribution in [0.25, 0.3) is 10.1 Å². The van der Waals surface area contributed by atoms with Gasteiger partial charge in [0, 0.05) is 36.9 Å². The van der Waals surface area contributed by atoms with Crippen molar-refractivity contribution >= 4 is 44.8 Å². The molecular weight excluding hydrogens is 382 g/mol. The first-order valence-corrected chi connectivity index (χ1v) is 10.1. The Morgan fingerprint density at radius 3 is 2.52 bits per heavy atom. The van der Waals surface area contributed by atoms with Crippen molar-refractivity contribution in [3.8, 4) is 0 Å². The van der Waals surface area contributed by atoms with Crippen LogP contribution in [0.3, 0.4) is 0 Å². The van der Waals surface area contributed by atoms with Gasteiger partial charge in [0.05, 0.1) is 10.1 Å². The van der Waals surface area contributed by atoms with Crippen molar-refractivity contribution in [3.63, 3.8) is 0 Å². The zero-order chi connectivity index (χ0) is 19.0. The van der Waals surface area contributed by atoms with Gasteiger partial charge in [-0.2, -0.15) is 0 Å². The summed E-state index contributed by atoms with van der Waals surface area (Å²) in [5.74, 6) is -0.00518. The number of benzene rings is 2. The lowest BCUT2D eigenvalue weighted by Crippen LogP contribution is -2.50. The molecule has 2 aromatic carbocycles. The molecule has 1 atom stereocenters. The number of halogens is 1. The standard InChI is InChI=1S/C20H20ClN3O2S/c1-14(24-20(26)17-7-2-3-8-18(17)27-24)19(25)23-11-9-22(10-12-23)16-6-4-5-15(21)13-16/h2-8,13-14H,9-12H2,1H3. The van der Waals surface area contributed by atoms with Gasteiger partial charge in [0.15, 0.2) is 0 Å². The van der Waals surface area contributed by atoms with Crippen LogP contribution in [0.1, 0.15) is 13.0 Å². The van der Waals surface area contributed by atoms with E-state index in [1.165, 1.54) is 11.5 Å². The Bertz CT molecular complexity index is 1040. The largest absolute Gasteiger partial charge is 0.368 e. The van der Waals surface area contributed by atoms with Crippen molar-refractivity contribution in [2.75, 3.05) is 31.1 Å². The lowest BCUT2D eigenvalue weighted by Gasteiger charge is -2.37. The number of hydrogen-bond donors (Lipinski definition) is 0. The molecule has 1 fully saturated rings. The summed E-state index contributed by atoms with van der Waals surface area (Å²) in [4.78, 5) is 29.6. The fourth-order valence-electron chi connectivity index (χ4n) is 3.47. The smallest absolute Gasteiger partial charge is 0.269 e. The quantitative estimate of drug-likeness (QED) is 0.673. The van der Waals surface area contributed by atoms with Crippen LogP contribution in [0.2, 0.25) is 5.02 Å². The minimum atomic E-state index is -0.493. The first-order valence-electron chi connectivity index (χ1n) is 8.94. The molecule has 7 heteroatoms. The highest BCUT2D eigenvalue weighted by Crippen LogP contribution is 2.23. The Hall–Kier alpha value is -2.31. The van der Waals surface area contributed by atoms with Gasteiger partial charge in [0.25, 0.3) is 5.56 Å². The van der Waals surface area contributed by atoms with Gasteiger partial charge in [0.1, 0.15) is 6.04 Å². The van der Waals surface area contributed by atoms with E-state index in [0.29, 0.717) is 23.5 Å². The minimum absolute atomic E-state index is 0.00518. The van der Waals surface area contributed by atoms with Gasteiger partial charge in [-0.25, -0.2) is 0 Å². The maximum absolute atomic E-state index is 13.0. The Balaban J connectivity index is 1.47. The number of rotatable bonds is 3. The summed E-state index contributed by atoms with van der Waals surface area (Å²) >= 11 is 7.43. The van der Waals surface area contributed by atoms with Crippen LogP contribution in [-0.2, 0) is 4.79 Å². The second kappa shape index (κ2) is 7.37. The molecule has 2 heterocycles. The molecule has 1 unspecified atom stereocenters. The summed E-state index contributed by atoms with van der Waals surface area (Å²) in [5.41, 5.74) is 0.984. The number of hydrogen-bond acceptors (Lipinski definition) is 4. The molecular formula is C20H20ClN3O2S. The lowest BCUT2D eigenvalue weighted by atomic mass is 10.2. The molecule has 140 valence electrons. The molecule has 0 aliphatic carbocycles.